The number of halogens is 1. The van der Waals surface area contributed by atoms with Gasteiger partial charge in [-0.25, -0.2) is 4.98 Å². The zero-order chi connectivity index (χ0) is 17.6. The average molecular weight is 370 g/mol. The summed E-state index contributed by atoms with van der Waals surface area (Å²) in [5.41, 5.74) is 2.88. The lowest BCUT2D eigenvalue weighted by Gasteiger charge is -1.99. The first-order chi connectivity index (χ1) is 12.1. The van der Waals surface area contributed by atoms with Gasteiger partial charge in [-0.1, -0.05) is 23.7 Å². The Morgan fingerprint density at radius 1 is 1.20 bits per heavy atom. The third kappa shape index (κ3) is 4.75. The highest BCUT2D eigenvalue weighted by atomic mass is 35.5. The minimum absolute atomic E-state index is 0.155. The summed E-state index contributed by atoms with van der Waals surface area (Å²) < 4.78 is 0. The maximum absolute atomic E-state index is 11.9. The molecule has 4 nitrogen and oxygen atoms in total. The van der Waals surface area contributed by atoms with Crippen molar-refractivity contribution in [2.75, 3.05) is 0 Å². The summed E-state index contributed by atoms with van der Waals surface area (Å²) in [6, 6.07) is 11.3. The van der Waals surface area contributed by atoms with Crippen LogP contribution in [0.25, 0.3) is 17.3 Å². The number of carbonyl (C=O) groups is 1. The van der Waals surface area contributed by atoms with Crippen molar-refractivity contribution < 1.29 is 4.79 Å². The number of nitrogens with zero attached hydrogens (tertiary/aromatic N) is 2. The lowest BCUT2D eigenvalue weighted by molar-refractivity contribution is -0.116. The second-order valence-electron chi connectivity index (χ2n) is 5.35. The van der Waals surface area contributed by atoms with Gasteiger partial charge in [-0.15, -0.1) is 11.3 Å². The largest absolute Gasteiger partial charge is 0.346 e. The molecule has 0 aliphatic heterocycles. The monoisotopic (exact) mass is 369 g/mol. The maximum Gasteiger partial charge on any atom is 0.244 e. The minimum atomic E-state index is -0.155. The van der Waals surface area contributed by atoms with Gasteiger partial charge in [0, 0.05) is 33.9 Å². The molecule has 0 aliphatic rings. The number of carbonyl (C=O) groups excluding carboxylic acids is 1. The smallest absolute Gasteiger partial charge is 0.244 e. The number of pyridine rings is 1. The summed E-state index contributed by atoms with van der Waals surface area (Å²) >= 11 is 7.51. The topological polar surface area (TPSA) is 54.9 Å². The van der Waals surface area contributed by atoms with E-state index in [1.54, 1.807) is 29.8 Å². The van der Waals surface area contributed by atoms with Crippen LogP contribution in [0.2, 0.25) is 5.02 Å². The summed E-state index contributed by atoms with van der Waals surface area (Å²) in [4.78, 5) is 21.6. The SMILES string of the molecule is Cc1sc(CNC(=O)/C=C/c2ccncc2)nc1-c1ccc(Cl)cc1. The van der Waals surface area contributed by atoms with Crippen molar-refractivity contribution >= 4 is 34.9 Å². The van der Waals surface area contributed by atoms with Gasteiger partial charge < -0.3 is 5.32 Å². The Kier molecular flexibility index (Phi) is 5.58. The van der Waals surface area contributed by atoms with Gasteiger partial charge in [-0.05, 0) is 42.8 Å². The number of aromatic nitrogens is 2. The first-order valence-corrected chi connectivity index (χ1v) is 8.89. The standard InChI is InChI=1S/C19H16ClN3OS/c1-13-19(15-3-5-16(20)6-4-15)23-18(25-13)12-22-17(24)7-2-14-8-10-21-11-9-14/h2-11H,12H2,1H3,(H,22,24)/b7-2+. The predicted molar refractivity (Wildman–Crippen MR) is 102 cm³/mol. The first-order valence-electron chi connectivity index (χ1n) is 7.70. The molecule has 126 valence electrons. The first kappa shape index (κ1) is 17.3. The van der Waals surface area contributed by atoms with Crippen LogP contribution in [0.1, 0.15) is 15.4 Å². The molecule has 0 spiro atoms. The van der Waals surface area contributed by atoms with Crippen molar-refractivity contribution in [3.05, 3.63) is 75.3 Å². The second kappa shape index (κ2) is 8.05. The van der Waals surface area contributed by atoms with Crippen molar-refractivity contribution in [3.63, 3.8) is 0 Å². The molecule has 0 radical (unpaired) electrons. The van der Waals surface area contributed by atoms with E-state index >= 15 is 0 Å². The molecule has 25 heavy (non-hydrogen) atoms. The lowest BCUT2D eigenvalue weighted by atomic mass is 10.1. The third-order valence-electron chi connectivity index (χ3n) is 3.51. The van der Waals surface area contributed by atoms with Gasteiger partial charge in [0.15, 0.2) is 0 Å². The highest BCUT2D eigenvalue weighted by Gasteiger charge is 2.10. The van der Waals surface area contributed by atoms with E-state index < -0.39 is 0 Å². The molecular weight excluding hydrogens is 354 g/mol. The Labute approximate surface area is 155 Å². The minimum Gasteiger partial charge on any atom is -0.346 e. The maximum atomic E-state index is 11.9. The fraction of sp³-hybridized carbons (Fsp3) is 0.105. The zero-order valence-corrected chi connectivity index (χ0v) is 15.1. The molecule has 0 unspecified atom stereocenters. The van der Waals surface area contributed by atoms with Crippen LogP contribution >= 0.6 is 22.9 Å². The van der Waals surface area contributed by atoms with Gasteiger partial charge in [0.2, 0.25) is 5.91 Å². The van der Waals surface area contributed by atoms with Gasteiger partial charge in [-0.3, -0.25) is 9.78 Å². The Morgan fingerprint density at radius 2 is 1.92 bits per heavy atom. The molecule has 2 aromatic heterocycles. The highest BCUT2D eigenvalue weighted by molar-refractivity contribution is 7.12. The van der Waals surface area contributed by atoms with E-state index in [2.05, 4.69) is 15.3 Å². The predicted octanol–water partition coefficient (Wildman–Crippen LogP) is 4.50. The number of aryl methyl sites for hydroxylation is 1. The van der Waals surface area contributed by atoms with Gasteiger partial charge >= 0.3 is 0 Å². The molecule has 0 saturated heterocycles. The zero-order valence-electron chi connectivity index (χ0n) is 13.6. The Bertz CT molecular complexity index is 889. The van der Waals surface area contributed by atoms with Crippen LogP contribution in [-0.2, 0) is 11.3 Å². The molecule has 1 amide bonds. The molecule has 0 bridgehead atoms. The van der Waals surface area contributed by atoms with Crippen LogP contribution in [0.3, 0.4) is 0 Å². The fourth-order valence-electron chi connectivity index (χ4n) is 2.27. The van der Waals surface area contributed by atoms with Crippen LogP contribution in [-0.4, -0.2) is 15.9 Å². The Morgan fingerprint density at radius 3 is 2.64 bits per heavy atom. The summed E-state index contributed by atoms with van der Waals surface area (Å²) in [5.74, 6) is -0.155. The second-order valence-corrected chi connectivity index (χ2v) is 7.08. The molecule has 0 atom stereocenters. The third-order valence-corrected chi connectivity index (χ3v) is 4.73. The fourth-order valence-corrected chi connectivity index (χ4v) is 3.29. The molecule has 1 aromatic carbocycles. The van der Waals surface area contributed by atoms with Crippen LogP contribution in [0.5, 0.6) is 0 Å². The molecular formula is C19H16ClN3OS. The van der Waals surface area contributed by atoms with Gasteiger partial charge in [-0.2, -0.15) is 0 Å². The number of hydrogen-bond acceptors (Lipinski definition) is 4. The van der Waals surface area contributed by atoms with Gasteiger partial charge in [0.1, 0.15) is 5.01 Å². The van der Waals surface area contributed by atoms with Crippen LogP contribution in [0.4, 0.5) is 0 Å². The number of hydrogen-bond donors (Lipinski definition) is 1. The summed E-state index contributed by atoms with van der Waals surface area (Å²) in [7, 11) is 0. The van der Waals surface area contributed by atoms with E-state index in [1.165, 1.54) is 6.08 Å². The number of thiazole rings is 1. The van der Waals surface area contributed by atoms with Gasteiger partial charge in [0.25, 0.3) is 0 Å². The molecule has 0 fully saturated rings. The number of nitrogens with one attached hydrogen (secondary N) is 1. The normalized spacial score (nSPS) is 11.0. The molecule has 3 rings (SSSR count). The molecule has 3 aromatic rings. The van der Waals surface area contributed by atoms with Crippen molar-refractivity contribution in [1.82, 2.24) is 15.3 Å². The molecule has 1 N–H and O–H groups in total. The van der Waals surface area contributed by atoms with E-state index in [1.807, 2.05) is 43.3 Å². The summed E-state index contributed by atoms with van der Waals surface area (Å²) in [6.45, 7) is 2.43. The summed E-state index contributed by atoms with van der Waals surface area (Å²) in [6.07, 6.45) is 6.64. The van der Waals surface area contributed by atoms with E-state index in [0.717, 1.165) is 26.7 Å². The van der Waals surface area contributed by atoms with Crippen molar-refractivity contribution in [1.29, 1.82) is 0 Å². The molecule has 6 heteroatoms. The van der Waals surface area contributed by atoms with E-state index in [4.69, 9.17) is 11.6 Å². The number of amides is 1. The lowest BCUT2D eigenvalue weighted by Crippen LogP contribution is -2.20. The van der Waals surface area contributed by atoms with Crippen molar-refractivity contribution in [2.45, 2.75) is 13.5 Å². The quantitative estimate of drug-likeness (QED) is 0.674. The Balaban J connectivity index is 1.62. The average Bonchev–Trinajstić information content (AvgIpc) is 3.00. The molecule has 2 heterocycles. The molecule has 0 saturated carbocycles. The van der Waals surface area contributed by atoms with E-state index in [-0.39, 0.29) is 5.91 Å². The van der Waals surface area contributed by atoms with Crippen LogP contribution in [0, 0.1) is 6.92 Å². The Hall–Kier alpha value is -2.50. The molecule has 0 aliphatic carbocycles. The van der Waals surface area contributed by atoms with Gasteiger partial charge in [0.05, 0.1) is 12.2 Å². The van der Waals surface area contributed by atoms with Crippen LogP contribution < -0.4 is 5.32 Å². The number of benzene rings is 1. The highest BCUT2D eigenvalue weighted by Crippen LogP contribution is 2.28. The summed E-state index contributed by atoms with van der Waals surface area (Å²) in [5, 5.41) is 4.42. The van der Waals surface area contributed by atoms with Crippen molar-refractivity contribution in [2.24, 2.45) is 0 Å². The van der Waals surface area contributed by atoms with Crippen LogP contribution in [0.15, 0.2) is 54.9 Å². The number of rotatable bonds is 5. The van der Waals surface area contributed by atoms with E-state index in [9.17, 15) is 4.79 Å². The van der Waals surface area contributed by atoms with E-state index in [0.29, 0.717) is 11.6 Å². The van der Waals surface area contributed by atoms with Crippen molar-refractivity contribution in [3.8, 4) is 11.3 Å².